The number of amides is 1. The third-order valence-corrected chi connectivity index (χ3v) is 3.69. The van der Waals surface area contributed by atoms with Crippen LogP contribution in [0.1, 0.15) is 23.0 Å². The van der Waals surface area contributed by atoms with Crippen LogP contribution in [0.15, 0.2) is 23.7 Å². The van der Waals surface area contributed by atoms with Crippen molar-refractivity contribution in [1.29, 1.82) is 0 Å². The average molecular weight is 309 g/mol. The third kappa shape index (κ3) is 4.36. The summed E-state index contributed by atoms with van der Waals surface area (Å²) >= 11 is 1.40. The fraction of sp³-hybridized carbons (Fsp3) is 0.333. The Morgan fingerprint density at radius 1 is 1.52 bits per heavy atom. The molecule has 0 saturated heterocycles. The number of nitrogens with two attached hydrogens (primary N) is 1. The molecule has 2 heterocycles. The molecule has 0 saturated carbocycles. The first-order chi connectivity index (χ1) is 10.1. The van der Waals surface area contributed by atoms with Gasteiger partial charge in [0.15, 0.2) is 0 Å². The van der Waals surface area contributed by atoms with Gasteiger partial charge in [-0.25, -0.2) is 4.68 Å². The molecule has 1 amide bonds. The number of nitrogens with zero attached hydrogens (tertiary/aromatic N) is 3. The number of hydrogen-bond acceptors (Lipinski definition) is 6. The summed E-state index contributed by atoms with van der Waals surface area (Å²) in [6.07, 6.45) is 1.41. The summed E-state index contributed by atoms with van der Waals surface area (Å²) in [6.45, 7) is 0.215. The second-order valence-corrected chi connectivity index (χ2v) is 5.32. The minimum Gasteiger partial charge on any atom is -0.481 e. The molecule has 0 aliphatic rings. The molecule has 0 radical (unpaired) electrons. The molecule has 8 nitrogen and oxygen atoms in total. The molecule has 2 rings (SSSR count). The van der Waals surface area contributed by atoms with Gasteiger partial charge in [0.05, 0.1) is 24.4 Å². The number of carbonyl (C=O) groups is 2. The van der Waals surface area contributed by atoms with Gasteiger partial charge in [-0.3, -0.25) is 9.59 Å². The number of carboxylic acids is 1. The van der Waals surface area contributed by atoms with Gasteiger partial charge in [-0.15, -0.1) is 16.4 Å². The Morgan fingerprint density at radius 2 is 2.33 bits per heavy atom. The van der Waals surface area contributed by atoms with Gasteiger partial charge in [0.2, 0.25) is 5.91 Å². The molecule has 2 aromatic rings. The summed E-state index contributed by atoms with van der Waals surface area (Å²) in [5.74, 6) is -1.30. The van der Waals surface area contributed by atoms with Crippen molar-refractivity contribution in [1.82, 2.24) is 20.3 Å². The number of aliphatic carboxylic acids is 1. The van der Waals surface area contributed by atoms with Gasteiger partial charge in [0.1, 0.15) is 6.54 Å². The highest BCUT2D eigenvalue weighted by atomic mass is 32.1. The molecule has 0 spiro atoms. The van der Waals surface area contributed by atoms with Crippen LogP contribution in [0.4, 0.5) is 0 Å². The Labute approximate surface area is 124 Å². The lowest BCUT2D eigenvalue weighted by Crippen LogP contribution is -2.32. The summed E-state index contributed by atoms with van der Waals surface area (Å²) < 4.78 is 1.36. The van der Waals surface area contributed by atoms with Gasteiger partial charge in [-0.05, 0) is 11.4 Å². The normalized spacial score (nSPS) is 12.0. The van der Waals surface area contributed by atoms with E-state index in [0.29, 0.717) is 5.69 Å². The van der Waals surface area contributed by atoms with Gasteiger partial charge >= 0.3 is 5.97 Å². The first-order valence-electron chi connectivity index (χ1n) is 6.22. The summed E-state index contributed by atoms with van der Waals surface area (Å²) in [5, 5.41) is 21.0. The van der Waals surface area contributed by atoms with E-state index in [2.05, 4.69) is 15.6 Å². The predicted octanol–water partition coefficient (Wildman–Crippen LogP) is 0.130. The third-order valence-electron chi connectivity index (χ3n) is 2.70. The van der Waals surface area contributed by atoms with E-state index in [1.165, 1.54) is 16.0 Å². The van der Waals surface area contributed by atoms with Crippen molar-refractivity contribution in [2.24, 2.45) is 5.73 Å². The van der Waals surface area contributed by atoms with Crippen LogP contribution < -0.4 is 11.1 Å². The molecule has 0 fully saturated rings. The Kier molecular flexibility index (Phi) is 5.01. The van der Waals surface area contributed by atoms with E-state index in [1.54, 1.807) is 12.3 Å². The lowest BCUT2D eigenvalue weighted by molar-refractivity contribution is -0.137. The van der Waals surface area contributed by atoms with Gasteiger partial charge in [-0.2, -0.15) is 0 Å². The molecular formula is C12H15N5O3S. The number of thiophene rings is 1. The van der Waals surface area contributed by atoms with Crippen LogP contribution in [0, 0.1) is 0 Å². The maximum absolute atomic E-state index is 12.0. The van der Waals surface area contributed by atoms with Gasteiger partial charge in [-0.1, -0.05) is 11.3 Å². The number of carboxylic acid groups (broad SMARTS) is 1. The van der Waals surface area contributed by atoms with Crippen LogP contribution in [0.3, 0.4) is 0 Å². The Balaban J connectivity index is 1.99. The van der Waals surface area contributed by atoms with Crippen LogP contribution in [-0.4, -0.2) is 32.0 Å². The molecule has 1 unspecified atom stereocenters. The lowest BCUT2D eigenvalue weighted by atomic mass is 10.1. The highest BCUT2D eigenvalue weighted by molar-refractivity contribution is 7.10. The van der Waals surface area contributed by atoms with E-state index in [0.717, 1.165) is 4.88 Å². The van der Waals surface area contributed by atoms with Gasteiger partial charge in [0, 0.05) is 11.4 Å². The first kappa shape index (κ1) is 15.1. The maximum Gasteiger partial charge on any atom is 0.305 e. The molecule has 2 aromatic heterocycles. The van der Waals surface area contributed by atoms with Crippen molar-refractivity contribution < 1.29 is 14.7 Å². The van der Waals surface area contributed by atoms with Crippen molar-refractivity contribution in [2.75, 3.05) is 0 Å². The van der Waals surface area contributed by atoms with Crippen molar-refractivity contribution in [2.45, 2.75) is 25.6 Å². The standard InChI is InChI=1S/C12H15N5O3S/c13-5-8-6-17(16-15-8)7-11(18)14-9(4-12(19)20)10-2-1-3-21-10/h1-3,6,9H,4-5,7,13H2,(H,14,18)(H,19,20). The summed E-state index contributed by atoms with van der Waals surface area (Å²) in [7, 11) is 0. The van der Waals surface area contributed by atoms with E-state index in [1.807, 2.05) is 11.4 Å². The fourth-order valence-electron chi connectivity index (χ4n) is 1.78. The zero-order valence-electron chi connectivity index (χ0n) is 11.1. The number of nitrogens with one attached hydrogen (secondary N) is 1. The van der Waals surface area contributed by atoms with E-state index in [4.69, 9.17) is 10.8 Å². The zero-order valence-corrected chi connectivity index (χ0v) is 11.9. The van der Waals surface area contributed by atoms with E-state index < -0.39 is 12.0 Å². The van der Waals surface area contributed by atoms with Crippen molar-refractivity contribution in [3.8, 4) is 0 Å². The second kappa shape index (κ2) is 6.95. The first-order valence-corrected chi connectivity index (χ1v) is 7.10. The molecule has 21 heavy (non-hydrogen) atoms. The van der Waals surface area contributed by atoms with E-state index >= 15 is 0 Å². The minimum atomic E-state index is -0.972. The van der Waals surface area contributed by atoms with Crippen LogP contribution in [0.5, 0.6) is 0 Å². The lowest BCUT2D eigenvalue weighted by Gasteiger charge is -2.15. The van der Waals surface area contributed by atoms with Gasteiger partial charge in [0.25, 0.3) is 0 Å². The summed E-state index contributed by atoms with van der Waals surface area (Å²) in [4.78, 5) is 23.7. The zero-order chi connectivity index (χ0) is 15.2. The molecule has 9 heteroatoms. The predicted molar refractivity (Wildman–Crippen MR) is 75.4 cm³/mol. The van der Waals surface area contributed by atoms with Crippen molar-refractivity contribution in [3.63, 3.8) is 0 Å². The maximum atomic E-state index is 12.0. The number of rotatable bonds is 7. The highest BCUT2D eigenvalue weighted by Crippen LogP contribution is 2.21. The molecule has 0 bridgehead atoms. The molecule has 0 aromatic carbocycles. The van der Waals surface area contributed by atoms with Crippen LogP contribution in [-0.2, 0) is 22.7 Å². The van der Waals surface area contributed by atoms with Crippen LogP contribution in [0.2, 0.25) is 0 Å². The highest BCUT2D eigenvalue weighted by Gasteiger charge is 2.19. The van der Waals surface area contributed by atoms with E-state index in [-0.39, 0.29) is 25.4 Å². The Bertz CT molecular complexity index is 610. The van der Waals surface area contributed by atoms with Crippen LogP contribution >= 0.6 is 11.3 Å². The smallest absolute Gasteiger partial charge is 0.305 e. The largest absolute Gasteiger partial charge is 0.481 e. The Morgan fingerprint density at radius 3 is 2.90 bits per heavy atom. The van der Waals surface area contributed by atoms with Crippen LogP contribution in [0.25, 0.3) is 0 Å². The number of carbonyl (C=O) groups excluding carboxylic acids is 1. The van der Waals surface area contributed by atoms with Crippen molar-refractivity contribution >= 4 is 23.2 Å². The number of hydrogen-bond donors (Lipinski definition) is 3. The molecular weight excluding hydrogens is 294 g/mol. The van der Waals surface area contributed by atoms with Gasteiger partial charge < -0.3 is 16.2 Å². The Hall–Kier alpha value is -2.26. The SMILES string of the molecule is NCc1cn(CC(=O)NC(CC(=O)O)c2cccs2)nn1. The molecule has 0 aliphatic carbocycles. The molecule has 0 aliphatic heterocycles. The second-order valence-electron chi connectivity index (χ2n) is 4.34. The monoisotopic (exact) mass is 309 g/mol. The molecule has 1 atom stereocenters. The fourth-order valence-corrected chi connectivity index (χ4v) is 2.56. The molecule has 112 valence electrons. The van der Waals surface area contributed by atoms with E-state index in [9.17, 15) is 9.59 Å². The summed E-state index contributed by atoms with van der Waals surface area (Å²) in [6, 6.07) is 3.06. The van der Waals surface area contributed by atoms with Crippen molar-refractivity contribution in [3.05, 3.63) is 34.3 Å². The quantitative estimate of drug-likeness (QED) is 0.668. The topological polar surface area (TPSA) is 123 Å². The number of aromatic nitrogens is 3. The minimum absolute atomic E-state index is 0.0332. The average Bonchev–Trinajstić information content (AvgIpc) is 3.08. The summed E-state index contributed by atoms with van der Waals surface area (Å²) in [5.41, 5.74) is 6.00. The molecule has 4 N–H and O–H groups in total.